The van der Waals surface area contributed by atoms with Gasteiger partial charge >= 0.3 is 21.4 Å². The third-order valence-corrected chi connectivity index (χ3v) is 8.40. The number of hydrogen-bond acceptors (Lipinski definition) is 7. The fraction of sp³-hybridized carbons (Fsp3) is 0.100. The molecule has 0 aliphatic carbocycles. The van der Waals surface area contributed by atoms with Gasteiger partial charge in [-0.1, -0.05) is 12.1 Å². The minimum atomic E-state index is -5.36. The Kier molecular flexibility index (Phi) is 7.14. The predicted octanol–water partition coefficient (Wildman–Crippen LogP) is 3.34. The van der Waals surface area contributed by atoms with E-state index in [1.165, 1.54) is 30.5 Å². The Hall–Kier alpha value is -3.65. The maximum atomic E-state index is 12.8. The van der Waals surface area contributed by atoms with Crippen LogP contribution in [0.4, 0.5) is 24.7 Å². The van der Waals surface area contributed by atoms with E-state index in [9.17, 15) is 46.7 Å². The van der Waals surface area contributed by atoms with Gasteiger partial charge in [-0.3, -0.25) is 19.0 Å². The highest BCUT2D eigenvalue weighted by Crippen LogP contribution is 2.59. The molecule has 2 heterocycles. The third kappa shape index (κ3) is 6.07. The molecule has 18 heteroatoms. The van der Waals surface area contributed by atoms with Crippen LogP contribution in [-0.2, 0) is 15.3 Å². The van der Waals surface area contributed by atoms with Crippen molar-refractivity contribution in [3.63, 3.8) is 0 Å². The largest absolute Gasteiger partial charge is 0.416 e. The van der Waals surface area contributed by atoms with Crippen LogP contribution in [0, 0.1) is 0 Å². The first-order valence-corrected chi connectivity index (χ1v) is 13.7. The van der Waals surface area contributed by atoms with Gasteiger partial charge in [-0.2, -0.15) is 18.3 Å². The molecule has 38 heavy (non-hydrogen) atoms. The fourth-order valence-corrected chi connectivity index (χ4v) is 5.45. The molecule has 7 N–H and O–H groups in total. The minimum Gasteiger partial charge on any atom is -0.346 e. The van der Waals surface area contributed by atoms with E-state index in [2.05, 4.69) is 30.8 Å². The molecule has 200 valence electrons. The zero-order chi connectivity index (χ0) is 27.9. The van der Waals surface area contributed by atoms with E-state index in [0.29, 0.717) is 0 Å². The van der Waals surface area contributed by atoms with Gasteiger partial charge in [-0.05, 0) is 36.4 Å². The Morgan fingerprint density at radius 3 is 2.24 bits per heavy atom. The van der Waals surface area contributed by atoms with Crippen molar-refractivity contribution in [2.75, 3.05) is 10.6 Å². The van der Waals surface area contributed by atoms with Gasteiger partial charge in [0.15, 0.2) is 11.5 Å². The van der Waals surface area contributed by atoms with Gasteiger partial charge in [0.25, 0.3) is 5.91 Å². The van der Waals surface area contributed by atoms with Gasteiger partial charge in [-0.15, -0.1) is 0 Å². The summed E-state index contributed by atoms with van der Waals surface area (Å²) in [5.41, 5.74) is -3.05. The molecule has 0 aliphatic heterocycles. The fourth-order valence-electron chi connectivity index (χ4n) is 3.31. The summed E-state index contributed by atoms with van der Waals surface area (Å²) in [6, 6.07) is 9.51. The molecule has 0 spiro atoms. The number of fused-ring (bicyclic) bond motifs is 1. The van der Waals surface area contributed by atoms with Crippen LogP contribution >= 0.6 is 15.2 Å². The average Bonchev–Trinajstić information content (AvgIpc) is 3.30. The van der Waals surface area contributed by atoms with Gasteiger partial charge in [0.05, 0.1) is 17.1 Å². The molecule has 2 aromatic heterocycles. The van der Waals surface area contributed by atoms with Crippen LogP contribution in [0.2, 0.25) is 0 Å². The Balaban J connectivity index is 1.66. The van der Waals surface area contributed by atoms with Crippen molar-refractivity contribution in [1.29, 1.82) is 0 Å². The monoisotopic (exact) mass is 572 g/mol. The van der Waals surface area contributed by atoms with Crippen LogP contribution in [0.25, 0.3) is 22.4 Å². The van der Waals surface area contributed by atoms with Crippen LogP contribution in [0.1, 0.15) is 15.9 Å². The first-order chi connectivity index (χ1) is 17.6. The molecular formula is C20H17F3N6O7P2. The van der Waals surface area contributed by atoms with E-state index in [1.54, 1.807) is 0 Å². The SMILES string of the molecule is O=C(Nc1ccc(C(F)(F)F)cc1)c1cccc(-c2nc(NC(P(=O)(O)O)P(=O)(O)O)c3cn[nH]c3n2)c1. The molecule has 0 bridgehead atoms. The number of H-pyrrole nitrogens is 1. The highest BCUT2D eigenvalue weighted by atomic mass is 31.2. The summed E-state index contributed by atoms with van der Waals surface area (Å²) < 4.78 is 61.7. The highest BCUT2D eigenvalue weighted by Gasteiger charge is 2.44. The van der Waals surface area contributed by atoms with E-state index >= 15 is 0 Å². The molecule has 0 saturated carbocycles. The van der Waals surface area contributed by atoms with Crippen molar-refractivity contribution in [2.45, 2.75) is 11.7 Å². The summed E-state index contributed by atoms with van der Waals surface area (Å²) in [6.45, 7) is 0. The number of halogens is 3. The topological polar surface area (TPSA) is 211 Å². The number of anilines is 2. The second-order valence-corrected chi connectivity index (χ2v) is 11.6. The van der Waals surface area contributed by atoms with Gasteiger partial charge in [0.2, 0.25) is 5.52 Å². The van der Waals surface area contributed by atoms with Crippen molar-refractivity contribution in [3.8, 4) is 11.4 Å². The number of nitrogens with zero attached hydrogens (tertiary/aromatic N) is 3. The summed E-state index contributed by atoms with van der Waals surface area (Å²) in [4.78, 5) is 58.8. The Morgan fingerprint density at radius 1 is 0.974 bits per heavy atom. The molecule has 4 rings (SSSR count). The van der Waals surface area contributed by atoms with Crippen molar-refractivity contribution in [1.82, 2.24) is 20.2 Å². The molecule has 13 nitrogen and oxygen atoms in total. The number of aromatic nitrogens is 4. The van der Waals surface area contributed by atoms with Crippen molar-refractivity contribution < 1.29 is 46.7 Å². The molecule has 0 radical (unpaired) electrons. The van der Waals surface area contributed by atoms with E-state index in [1.807, 2.05) is 0 Å². The van der Waals surface area contributed by atoms with E-state index in [0.717, 1.165) is 24.3 Å². The predicted molar refractivity (Wildman–Crippen MR) is 128 cm³/mol. The van der Waals surface area contributed by atoms with Crippen molar-refractivity contribution in [2.24, 2.45) is 0 Å². The number of aromatic amines is 1. The lowest BCUT2D eigenvalue weighted by Gasteiger charge is -2.21. The molecule has 0 aliphatic rings. The zero-order valence-electron chi connectivity index (χ0n) is 18.7. The number of carbonyl (C=O) groups is 1. The minimum absolute atomic E-state index is 0.0484. The van der Waals surface area contributed by atoms with Gasteiger partial charge in [0.1, 0.15) is 5.82 Å². The molecule has 0 unspecified atom stereocenters. The summed E-state index contributed by atoms with van der Waals surface area (Å²) in [5, 5.41) is 10.9. The Bertz CT molecular complexity index is 1580. The number of alkyl halides is 3. The standard InChI is InChI=1S/C20H17F3N6O7P2/c21-20(22,23)12-4-6-13(7-5-12)25-18(30)11-3-1-2-10(8-11)15-26-16(14-9-24-29-17(14)27-15)28-19(37(31,32)33)38(34,35)36/h1-9,19H,(H,25,30)(H2,31,32,33)(H2,34,35,36)(H2,24,26,27,28,29). The van der Waals surface area contributed by atoms with Gasteiger partial charge in [-0.25, -0.2) is 9.97 Å². The highest BCUT2D eigenvalue weighted by molar-refractivity contribution is 7.71. The lowest BCUT2D eigenvalue weighted by molar-refractivity contribution is -0.137. The summed E-state index contributed by atoms with van der Waals surface area (Å²) >= 11 is 0. The van der Waals surface area contributed by atoms with Crippen molar-refractivity contribution >= 4 is 43.6 Å². The molecule has 0 atom stereocenters. The number of nitrogens with one attached hydrogen (secondary N) is 3. The lowest BCUT2D eigenvalue weighted by atomic mass is 10.1. The smallest absolute Gasteiger partial charge is 0.346 e. The van der Waals surface area contributed by atoms with Crippen molar-refractivity contribution in [3.05, 3.63) is 65.9 Å². The summed E-state index contributed by atoms with van der Waals surface area (Å²) in [6.07, 6.45) is -3.36. The van der Waals surface area contributed by atoms with E-state index in [-0.39, 0.29) is 39.5 Å². The second kappa shape index (κ2) is 9.91. The van der Waals surface area contributed by atoms with Crippen LogP contribution in [0.3, 0.4) is 0 Å². The zero-order valence-corrected chi connectivity index (χ0v) is 20.4. The normalized spacial score (nSPS) is 12.6. The average molecular weight is 572 g/mol. The molecule has 0 saturated heterocycles. The van der Waals surface area contributed by atoms with Crippen LogP contribution in [0.15, 0.2) is 54.7 Å². The Labute approximate surface area is 210 Å². The maximum Gasteiger partial charge on any atom is 0.416 e. The summed E-state index contributed by atoms with van der Waals surface area (Å²) in [5.74, 6) is -1.13. The first kappa shape index (κ1) is 27.4. The third-order valence-electron chi connectivity index (χ3n) is 5.07. The van der Waals surface area contributed by atoms with Crippen LogP contribution < -0.4 is 10.6 Å². The van der Waals surface area contributed by atoms with Gasteiger partial charge < -0.3 is 30.2 Å². The molecule has 0 fully saturated rings. The lowest BCUT2D eigenvalue weighted by Crippen LogP contribution is -2.21. The second-order valence-electron chi connectivity index (χ2n) is 7.83. The molecular weight excluding hydrogens is 555 g/mol. The Morgan fingerprint density at radius 2 is 1.63 bits per heavy atom. The van der Waals surface area contributed by atoms with Crippen LogP contribution in [0.5, 0.6) is 0 Å². The van der Waals surface area contributed by atoms with Crippen LogP contribution in [-0.4, -0.2) is 51.2 Å². The number of benzene rings is 2. The number of carbonyl (C=O) groups excluding carboxylic acids is 1. The molecule has 4 aromatic rings. The number of rotatable bonds is 7. The van der Waals surface area contributed by atoms with E-state index < -0.39 is 38.4 Å². The molecule has 1 amide bonds. The number of hydrogen-bond donors (Lipinski definition) is 7. The maximum absolute atomic E-state index is 12.8. The quantitative estimate of drug-likeness (QED) is 0.160. The van der Waals surface area contributed by atoms with Gasteiger partial charge in [0, 0.05) is 16.8 Å². The summed E-state index contributed by atoms with van der Waals surface area (Å²) in [7, 11) is -10.7. The number of amides is 1. The first-order valence-electron chi connectivity index (χ1n) is 10.3. The molecule has 2 aromatic carbocycles. The van der Waals surface area contributed by atoms with E-state index in [4.69, 9.17) is 0 Å².